The number of rotatable bonds is 6. The highest BCUT2D eigenvalue weighted by Gasteiger charge is 1.92. The highest BCUT2D eigenvalue weighted by Crippen LogP contribution is 2.10. The van der Waals surface area contributed by atoms with Crippen molar-refractivity contribution in [3.05, 3.63) is 17.7 Å². The van der Waals surface area contributed by atoms with E-state index in [2.05, 4.69) is 13.5 Å². The van der Waals surface area contributed by atoms with E-state index in [1.165, 1.54) is 18.4 Å². The van der Waals surface area contributed by atoms with E-state index in [0.29, 0.717) is 0 Å². The molecule has 0 amide bonds. The Morgan fingerprint density at radius 1 is 1.17 bits per heavy atom. The molecule has 0 heterocycles. The third-order valence-electron chi connectivity index (χ3n) is 1.83. The summed E-state index contributed by atoms with van der Waals surface area (Å²) in [6, 6.07) is 0. The van der Waals surface area contributed by atoms with Gasteiger partial charge in [-0.3, -0.25) is 0 Å². The van der Waals surface area contributed by atoms with Gasteiger partial charge in [0, 0.05) is 5.57 Å². The van der Waals surface area contributed by atoms with Crippen molar-refractivity contribution in [3.8, 4) is 0 Å². The first-order chi connectivity index (χ1) is 5.66. The summed E-state index contributed by atoms with van der Waals surface area (Å²) in [6.45, 7) is 7.73. The zero-order valence-corrected chi connectivity index (χ0v) is 8.15. The number of hydrogen-bond acceptors (Lipinski definition) is 1. The van der Waals surface area contributed by atoms with Crippen LogP contribution in [0.4, 0.5) is 0 Å². The molecule has 0 spiro atoms. The molecule has 0 N–H and O–H groups in total. The van der Waals surface area contributed by atoms with E-state index in [9.17, 15) is 4.79 Å². The van der Waals surface area contributed by atoms with Gasteiger partial charge in [-0.15, -0.1) is 6.58 Å². The maximum Gasteiger partial charge on any atom is 0.123 e. The Bertz CT molecular complexity index is 185. The Balaban J connectivity index is 3.22. The van der Waals surface area contributed by atoms with Crippen LogP contribution in [0, 0.1) is 0 Å². The lowest BCUT2D eigenvalue weighted by Crippen LogP contribution is -1.81. The van der Waals surface area contributed by atoms with Crippen LogP contribution in [-0.2, 0) is 4.79 Å². The lowest BCUT2D eigenvalue weighted by molar-refractivity contribution is 0.564. The largest absolute Gasteiger partial charge is 0.234 e. The lowest BCUT2D eigenvalue weighted by Gasteiger charge is -1.99. The van der Waals surface area contributed by atoms with Crippen molar-refractivity contribution in [3.63, 3.8) is 0 Å². The number of allylic oxidation sites excluding steroid dienone is 2. The second-order valence-electron chi connectivity index (χ2n) is 3.40. The minimum Gasteiger partial charge on any atom is -0.234 e. The van der Waals surface area contributed by atoms with Gasteiger partial charge in [0.1, 0.15) is 5.94 Å². The van der Waals surface area contributed by atoms with Gasteiger partial charge in [0.25, 0.3) is 0 Å². The number of unbranched alkanes of at least 4 members (excludes halogenated alkanes) is 2. The summed E-state index contributed by atoms with van der Waals surface area (Å²) >= 11 is 0. The van der Waals surface area contributed by atoms with Gasteiger partial charge in [0.05, 0.1) is 0 Å². The van der Waals surface area contributed by atoms with Gasteiger partial charge in [0.15, 0.2) is 0 Å². The Labute approximate surface area is 75.2 Å². The average molecular weight is 166 g/mol. The summed E-state index contributed by atoms with van der Waals surface area (Å²) in [4.78, 5) is 10.1. The second kappa shape index (κ2) is 6.87. The molecule has 0 fully saturated rings. The van der Waals surface area contributed by atoms with Crippen LogP contribution in [-0.4, -0.2) is 5.94 Å². The highest BCUT2D eigenvalue weighted by atomic mass is 16.1. The Morgan fingerprint density at radius 2 is 1.75 bits per heavy atom. The molecule has 0 aromatic carbocycles. The number of carbonyl (C=O) groups excluding carboxylic acids is 1. The third-order valence-corrected chi connectivity index (χ3v) is 1.83. The highest BCUT2D eigenvalue weighted by molar-refractivity contribution is 5.50. The molecule has 0 aliphatic rings. The molecule has 68 valence electrons. The van der Waals surface area contributed by atoms with Crippen LogP contribution in [0.5, 0.6) is 0 Å². The van der Waals surface area contributed by atoms with E-state index in [1.807, 2.05) is 12.9 Å². The van der Waals surface area contributed by atoms with Gasteiger partial charge in [-0.05, 0) is 39.5 Å². The first-order valence-corrected chi connectivity index (χ1v) is 4.51. The molecule has 0 unspecified atom stereocenters. The van der Waals surface area contributed by atoms with E-state index in [1.54, 1.807) is 0 Å². The van der Waals surface area contributed by atoms with Gasteiger partial charge in [-0.2, -0.15) is 0 Å². The van der Waals surface area contributed by atoms with E-state index in [0.717, 1.165) is 24.8 Å². The van der Waals surface area contributed by atoms with Crippen LogP contribution < -0.4 is 0 Å². The third kappa shape index (κ3) is 7.30. The van der Waals surface area contributed by atoms with Gasteiger partial charge in [-0.25, -0.2) is 4.79 Å². The second-order valence-corrected chi connectivity index (χ2v) is 3.40. The molecular formula is C11H18O. The molecule has 0 aromatic heterocycles. The SMILES string of the molecule is C=C(C)CCCCCC(C)=C=O. The van der Waals surface area contributed by atoms with E-state index >= 15 is 0 Å². The average Bonchev–Trinajstić information content (AvgIpc) is 2.03. The summed E-state index contributed by atoms with van der Waals surface area (Å²) < 4.78 is 0. The summed E-state index contributed by atoms with van der Waals surface area (Å²) in [6.07, 6.45) is 5.51. The van der Waals surface area contributed by atoms with Crippen molar-refractivity contribution in [1.82, 2.24) is 0 Å². The van der Waals surface area contributed by atoms with Crippen molar-refractivity contribution in [2.24, 2.45) is 0 Å². The number of hydrogen-bond donors (Lipinski definition) is 0. The smallest absolute Gasteiger partial charge is 0.123 e. The van der Waals surface area contributed by atoms with Crippen molar-refractivity contribution in [2.45, 2.75) is 46.0 Å². The summed E-state index contributed by atoms with van der Waals surface area (Å²) in [5.74, 6) is 1.91. The molecule has 0 radical (unpaired) electrons. The fourth-order valence-electron chi connectivity index (χ4n) is 1.04. The fraction of sp³-hybridized carbons (Fsp3) is 0.636. The van der Waals surface area contributed by atoms with Gasteiger partial charge in [-0.1, -0.05) is 12.0 Å². The molecule has 0 atom stereocenters. The molecule has 0 saturated heterocycles. The van der Waals surface area contributed by atoms with E-state index in [-0.39, 0.29) is 0 Å². The molecule has 1 heteroatoms. The van der Waals surface area contributed by atoms with Crippen LogP contribution in [0.1, 0.15) is 46.0 Å². The molecule has 0 saturated carbocycles. The van der Waals surface area contributed by atoms with Crippen molar-refractivity contribution < 1.29 is 4.79 Å². The van der Waals surface area contributed by atoms with Crippen molar-refractivity contribution in [1.29, 1.82) is 0 Å². The van der Waals surface area contributed by atoms with Crippen LogP contribution in [0.25, 0.3) is 0 Å². The molecule has 0 rings (SSSR count). The molecule has 0 bridgehead atoms. The Morgan fingerprint density at radius 3 is 2.25 bits per heavy atom. The van der Waals surface area contributed by atoms with Gasteiger partial charge >= 0.3 is 0 Å². The normalized spacial score (nSPS) is 9.17. The predicted octanol–water partition coefficient (Wildman–Crippen LogP) is 3.29. The molecule has 12 heavy (non-hydrogen) atoms. The van der Waals surface area contributed by atoms with Crippen LogP contribution in [0.2, 0.25) is 0 Å². The zero-order valence-electron chi connectivity index (χ0n) is 8.15. The minimum atomic E-state index is 0.838. The van der Waals surface area contributed by atoms with Crippen molar-refractivity contribution >= 4 is 5.94 Å². The summed E-state index contributed by atoms with van der Waals surface area (Å²) in [7, 11) is 0. The standard InChI is InChI=1S/C11H18O/c1-10(2)7-5-4-6-8-11(3)9-12/h1,4-8H2,2-3H3. The first-order valence-electron chi connectivity index (χ1n) is 4.51. The van der Waals surface area contributed by atoms with Crippen LogP contribution in [0.3, 0.4) is 0 Å². The summed E-state index contributed by atoms with van der Waals surface area (Å²) in [5, 5.41) is 0. The fourth-order valence-corrected chi connectivity index (χ4v) is 1.04. The van der Waals surface area contributed by atoms with E-state index < -0.39 is 0 Å². The molecule has 0 aliphatic heterocycles. The Hall–Kier alpha value is -0.810. The van der Waals surface area contributed by atoms with Gasteiger partial charge < -0.3 is 0 Å². The van der Waals surface area contributed by atoms with Crippen LogP contribution in [0.15, 0.2) is 17.7 Å². The van der Waals surface area contributed by atoms with E-state index in [4.69, 9.17) is 0 Å². The molecule has 1 nitrogen and oxygen atoms in total. The molecular weight excluding hydrogens is 148 g/mol. The Kier molecular flexibility index (Phi) is 6.41. The maximum atomic E-state index is 10.1. The quantitative estimate of drug-likeness (QED) is 0.336. The zero-order chi connectivity index (χ0) is 9.40. The lowest BCUT2D eigenvalue weighted by atomic mass is 10.1. The maximum absolute atomic E-state index is 10.1. The topological polar surface area (TPSA) is 17.1 Å². The van der Waals surface area contributed by atoms with Crippen molar-refractivity contribution in [2.75, 3.05) is 0 Å². The minimum absolute atomic E-state index is 0.838. The predicted molar refractivity (Wildman–Crippen MR) is 52.8 cm³/mol. The van der Waals surface area contributed by atoms with Crippen LogP contribution >= 0.6 is 0 Å². The monoisotopic (exact) mass is 166 g/mol. The first kappa shape index (κ1) is 11.2. The summed E-state index contributed by atoms with van der Waals surface area (Å²) in [5.41, 5.74) is 2.09. The van der Waals surface area contributed by atoms with Gasteiger partial charge in [0.2, 0.25) is 0 Å². The molecule has 0 aliphatic carbocycles. The molecule has 0 aromatic rings.